The molecular weight excluding hydrogens is 420 g/mol. The summed E-state index contributed by atoms with van der Waals surface area (Å²) in [6.45, 7) is 1.62. The van der Waals surface area contributed by atoms with Crippen molar-refractivity contribution in [2.24, 2.45) is 5.73 Å². The number of carbonyl (C=O) groups is 3. The van der Waals surface area contributed by atoms with Gasteiger partial charge in [-0.2, -0.15) is 5.26 Å². The molecule has 3 heterocycles. The van der Waals surface area contributed by atoms with Crippen LogP contribution in [0.25, 0.3) is 0 Å². The molecule has 3 N–H and O–H groups in total. The molecular formula is C24H30N6O3. The maximum atomic E-state index is 13.3. The predicted octanol–water partition coefficient (Wildman–Crippen LogP) is 0.160. The van der Waals surface area contributed by atoms with Crippen LogP contribution in [0.4, 0.5) is 0 Å². The number of aryl methyl sites for hydroxylation is 1. The molecule has 0 spiro atoms. The highest BCUT2D eigenvalue weighted by molar-refractivity contribution is 5.94. The molecule has 1 aromatic carbocycles. The number of hydrogen-bond acceptors (Lipinski definition) is 6. The zero-order valence-electron chi connectivity index (χ0n) is 18.9. The van der Waals surface area contributed by atoms with E-state index in [0.29, 0.717) is 31.6 Å². The van der Waals surface area contributed by atoms with Gasteiger partial charge >= 0.3 is 0 Å². The molecule has 1 aromatic rings. The molecule has 3 fully saturated rings. The minimum Gasteiger partial charge on any atom is -0.355 e. The van der Waals surface area contributed by atoms with E-state index < -0.39 is 6.04 Å². The second-order valence-corrected chi connectivity index (χ2v) is 9.58. The molecule has 0 aromatic heterocycles. The third kappa shape index (κ3) is 3.58. The van der Waals surface area contributed by atoms with Gasteiger partial charge in [0.05, 0.1) is 24.2 Å². The third-order valence-corrected chi connectivity index (χ3v) is 7.76. The third-order valence-electron chi connectivity index (χ3n) is 7.76. The zero-order valence-corrected chi connectivity index (χ0v) is 18.9. The van der Waals surface area contributed by atoms with Gasteiger partial charge in [-0.25, -0.2) is 0 Å². The van der Waals surface area contributed by atoms with Crippen LogP contribution in [0, 0.1) is 11.3 Å². The van der Waals surface area contributed by atoms with E-state index in [9.17, 15) is 19.6 Å². The van der Waals surface area contributed by atoms with Crippen molar-refractivity contribution >= 4 is 17.7 Å². The molecule has 0 radical (unpaired) electrons. The number of fused-ring (bicyclic) bond motifs is 3. The number of likely N-dealkylation sites (tertiary alicyclic amines) is 3. The van der Waals surface area contributed by atoms with E-state index in [1.165, 1.54) is 0 Å². The predicted molar refractivity (Wildman–Crippen MR) is 120 cm³/mol. The number of nitriles is 1. The topological polar surface area (TPSA) is 123 Å². The normalized spacial score (nSPS) is 29.3. The average Bonchev–Trinajstić information content (AvgIpc) is 3.60. The Hall–Kier alpha value is -2.96. The van der Waals surface area contributed by atoms with Gasteiger partial charge in [0.1, 0.15) is 6.04 Å². The lowest BCUT2D eigenvalue weighted by Crippen LogP contribution is -2.56. The summed E-state index contributed by atoms with van der Waals surface area (Å²) in [5.41, 5.74) is 9.16. The molecule has 33 heavy (non-hydrogen) atoms. The SMILES string of the molecule is CNC(=O)c1ccc2c(c1)CC[C@H]2N1C(=O)[C@@H]2C[C@H]1CN2C[C@H](N)C(=O)N1CCC[C@H]1C#N. The van der Waals surface area contributed by atoms with Crippen molar-refractivity contribution in [3.05, 3.63) is 34.9 Å². The molecule has 0 saturated carbocycles. The first-order chi connectivity index (χ1) is 15.9. The summed E-state index contributed by atoms with van der Waals surface area (Å²) >= 11 is 0. The Labute approximate surface area is 193 Å². The van der Waals surface area contributed by atoms with Crippen molar-refractivity contribution in [3.63, 3.8) is 0 Å². The number of amides is 3. The number of rotatable bonds is 5. The van der Waals surface area contributed by atoms with Gasteiger partial charge in [0.15, 0.2) is 0 Å². The number of piperazine rings is 1. The quantitative estimate of drug-likeness (QED) is 0.659. The van der Waals surface area contributed by atoms with Crippen molar-refractivity contribution in [3.8, 4) is 6.07 Å². The number of hydrogen-bond donors (Lipinski definition) is 2. The van der Waals surface area contributed by atoms with Gasteiger partial charge < -0.3 is 20.9 Å². The maximum Gasteiger partial charge on any atom is 0.251 e. The first-order valence-electron chi connectivity index (χ1n) is 11.8. The van der Waals surface area contributed by atoms with E-state index in [1.807, 2.05) is 28.0 Å². The minimum atomic E-state index is -0.727. The summed E-state index contributed by atoms with van der Waals surface area (Å²) in [4.78, 5) is 43.8. The van der Waals surface area contributed by atoms with Crippen LogP contribution in [0.1, 0.15) is 53.2 Å². The fourth-order valence-electron chi connectivity index (χ4n) is 6.18. The summed E-state index contributed by atoms with van der Waals surface area (Å²) in [6.07, 6.45) is 4.00. The molecule has 2 bridgehead atoms. The molecule has 5 rings (SSSR count). The lowest BCUT2D eigenvalue weighted by Gasteiger charge is -2.38. The number of nitrogens with one attached hydrogen (secondary N) is 1. The van der Waals surface area contributed by atoms with Crippen LogP contribution in [-0.4, -0.2) is 83.3 Å². The van der Waals surface area contributed by atoms with E-state index in [1.54, 1.807) is 11.9 Å². The van der Waals surface area contributed by atoms with Crippen LogP contribution in [0.3, 0.4) is 0 Å². The van der Waals surface area contributed by atoms with E-state index in [0.717, 1.165) is 36.8 Å². The fraction of sp³-hybridized carbons (Fsp3) is 0.583. The molecule has 3 saturated heterocycles. The standard InChI is InChI=1S/C24H30N6O3/c1-27-22(31)15-4-6-18-14(9-15)5-7-20(18)30-17-10-21(24(30)33)28(12-17)13-19(26)23(32)29-8-2-3-16(29)11-25/h4,6,9,16-17,19-21H,2-3,5,7-8,10,12-13,26H2,1H3,(H,27,31)/t16-,17-,19-,20+,21-/m0/s1. The number of nitrogens with two attached hydrogens (primary N) is 1. The molecule has 1 aliphatic carbocycles. The van der Waals surface area contributed by atoms with Gasteiger partial charge in [-0.05, 0) is 55.4 Å². The van der Waals surface area contributed by atoms with Crippen molar-refractivity contribution in [1.82, 2.24) is 20.0 Å². The number of benzene rings is 1. The lowest BCUT2D eigenvalue weighted by molar-refractivity contribution is -0.141. The zero-order chi connectivity index (χ0) is 23.3. The van der Waals surface area contributed by atoms with Gasteiger partial charge in [-0.15, -0.1) is 0 Å². The first kappa shape index (κ1) is 21.9. The van der Waals surface area contributed by atoms with E-state index in [2.05, 4.69) is 11.4 Å². The smallest absolute Gasteiger partial charge is 0.251 e. The van der Waals surface area contributed by atoms with Gasteiger partial charge in [0.25, 0.3) is 5.91 Å². The van der Waals surface area contributed by atoms with Crippen molar-refractivity contribution in [2.45, 2.75) is 62.3 Å². The lowest BCUT2D eigenvalue weighted by atomic mass is 10.0. The Morgan fingerprint density at radius 3 is 2.85 bits per heavy atom. The summed E-state index contributed by atoms with van der Waals surface area (Å²) in [5, 5.41) is 11.9. The van der Waals surface area contributed by atoms with E-state index in [-0.39, 0.29) is 41.9 Å². The Morgan fingerprint density at radius 1 is 1.30 bits per heavy atom. The van der Waals surface area contributed by atoms with Gasteiger partial charge in [0.2, 0.25) is 11.8 Å². The Balaban J connectivity index is 1.25. The van der Waals surface area contributed by atoms with Crippen molar-refractivity contribution < 1.29 is 14.4 Å². The Morgan fingerprint density at radius 2 is 2.12 bits per heavy atom. The van der Waals surface area contributed by atoms with Crippen LogP contribution < -0.4 is 11.1 Å². The van der Waals surface area contributed by atoms with Gasteiger partial charge in [-0.3, -0.25) is 19.3 Å². The molecule has 0 unspecified atom stereocenters. The van der Waals surface area contributed by atoms with E-state index in [4.69, 9.17) is 5.73 Å². The average molecular weight is 451 g/mol. The molecule has 174 valence electrons. The summed E-state index contributed by atoms with van der Waals surface area (Å²) in [5.74, 6) is -0.188. The second kappa shape index (κ2) is 8.43. The summed E-state index contributed by atoms with van der Waals surface area (Å²) in [6, 6.07) is 6.75. The Bertz CT molecular complexity index is 1040. The van der Waals surface area contributed by atoms with Crippen LogP contribution in [0.2, 0.25) is 0 Å². The number of carbonyl (C=O) groups excluding carboxylic acids is 3. The molecule has 4 aliphatic rings. The highest BCUT2D eigenvalue weighted by Crippen LogP contribution is 2.44. The monoisotopic (exact) mass is 450 g/mol. The molecule has 3 aliphatic heterocycles. The van der Waals surface area contributed by atoms with Gasteiger partial charge in [-0.1, -0.05) is 6.07 Å². The summed E-state index contributed by atoms with van der Waals surface area (Å²) < 4.78 is 0. The second-order valence-electron chi connectivity index (χ2n) is 9.58. The maximum absolute atomic E-state index is 13.3. The minimum absolute atomic E-state index is 0.0414. The first-order valence-corrected chi connectivity index (χ1v) is 11.8. The van der Waals surface area contributed by atoms with Crippen LogP contribution >= 0.6 is 0 Å². The van der Waals surface area contributed by atoms with Crippen LogP contribution in [0.15, 0.2) is 18.2 Å². The Kier molecular flexibility index (Phi) is 5.59. The number of nitrogens with zero attached hydrogens (tertiary/aromatic N) is 4. The van der Waals surface area contributed by atoms with Gasteiger partial charge in [0, 0.05) is 38.3 Å². The largest absolute Gasteiger partial charge is 0.355 e. The molecule has 9 nitrogen and oxygen atoms in total. The van der Waals surface area contributed by atoms with Crippen molar-refractivity contribution in [1.29, 1.82) is 5.26 Å². The van der Waals surface area contributed by atoms with Crippen LogP contribution in [-0.2, 0) is 16.0 Å². The highest BCUT2D eigenvalue weighted by Gasteiger charge is 2.53. The fourth-order valence-corrected chi connectivity index (χ4v) is 6.18. The van der Waals surface area contributed by atoms with Crippen LogP contribution in [0.5, 0.6) is 0 Å². The van der Waals surface area contributed by atoms with Crippen molar-refractivity contribution in [2.75, 3.05) is 26.7 Å². The molecule has 3 amide bonds. The highest BCUT2D eigenvalue weighted by atomic mass is 16.2. The van der Waals surface area contributed by atoms with E-state index >= 15 is 0 Å². The molecule has 5 atom stereocenters. The summed E-state index contributed by atoms with van der Waals surface area (Å²) in [7, 11) is 1.62. The molecule has 9 heteroatoms.